The molecule has 0 saturated carbocycles. The maximum Gasteiger partial charge on any atom is 0.247 e. The van der Waals surface area contributed by atoms with Crippen LogP contribution in [0.25, 0.3) is 11.5 Å². The number of anilines is 1. The summed E-state index contributed by atoms with van der Waals surface area (Å²) < 4.78 is 11.0. The van der Waals surface area contributed by atoms with E-state index in [9.17, 15) is 0 Å². The highest BCUT2D eigenvalue weighted by Gasteiger charge is 2.20. The summed E-state index contributed by atoms with van der Waals surface area (Å²) in [5.41, 5.74) is 1.98. The summed E-state index contributed by atoms with van der Waals surface area (Å²) in [6.45, 7) is 4.34. The summed E-state index contributed by atoms with van der Waals surface area (Å²) in [5, 5.41) is 9.16. The van der Waals surface area contributed by atoms with Crippen LogP contribution in [0.5, 0.6) is 5.75 Å². The Morgan fingerprint density at radius 1 is 1.00 bits per heavy atom. The number of ether oxygens (including phenoxy) is 1. The molecule has 7 heteroatoms. The quantitative estimate of drug-likeness (QED) is 0.668. The number of para-hydroxylation sites is 1. The lowest BCUT2D eigenvalue weighted by Gasteiger charge is -2.35. The lowest BCUT2D eigenvalue weighted by Crippen LogP contribution is -2.46. The van der Waals surface area contributed by atoms with E-state index < -0.39 is 0 Å². The van der Waals surface area contributed by atoms with E-state index in [-0.39, 0.29) is 0 Å². The highest BCUT2D eigenvalue weighted by molar-refractivity contribution is 6.33. The Kier molecular flexibility index (Phi) is 5.27. The number of rotatable bonds is 5. The second-order valence-electron chi connectivity index (χ2n) is 6.44. The van der Waals surface area contributed by atoms with Gasteiger partial charge >= 0.3 is 0 Å². The molecule has 2 aromatic carbocycles. The third kappa shape index (κ3) is 4.07. The van der Waals surface area contributed by atoms with Crippen LogP contribution in [0.3, 0.4) is 0 Å². The van der Waals surface area contributed by atoms with Crippen molar-refractivity contribution in [2.45, 2.75) is 6.54 Å². The number of benzene rings is 2. The Morgan fingerprint density at radius 2 is 1.74 bits per heavy atom. The van der Waals surface area contributed by atoms with Crippen LogP contribution in [0.15, 0.2) is 52.9 Å². The van der Waals surface area contributed by atoms with Gasteiger partial charge < -0.3 is 14.1 Å². The second-order valence-corrected chi connectivity index (χ2v) is 6.85. The smallest absolute Gasteiger partial charge is 0.247 e. The normalized spacial score (nSPS) is 15.1. The topological polar surface area (TPSA) is 54.6 Å². The summed E-state index contributed by atoms with van der Waals surface area (Å²) in [6, 6.07) is 15.6. The zero-order valence-electron chi connectivity index (χ0n) is 15.1. The number of nitrogens with zero attached hydrogens (tertiary/aromatic N) is 4. The number of aromatic nitrogens is 2. The van der Waals surface area contributed by atoms with Gasteiger partial charge in [0.25, 0.3) is 0 Å². The lowest BCUT2D eigenvalue weighted by atomic mass is 10.2. The third-order valence-electron chi connectivity index (χ3n) is 4.73. The van der Waals surface area contributed by atoms with Gasteiger partial charge in [0.15, 0.2) is 0 Å². The number of hydrogen-bond donors (Lipinski definition) is 0. The van der Waals surface area contributed by atoms with Gasteiger partial charge in [0.1, 0.15) is 5.75 Å². The monoisotopic (exact) mass is 384 g/mol. The Morgan fingerprint density at radius 3 is 2.44 bits per heavy atom. The highest BCUT2D eigenvalue weighted by atomic mass is 35.5. The average Bonchev–Trinajstić information content (AvgIpc) is 3.18. The molecule has 0 atom stereocenters. The molecule has 4 rings (SSSR count). The summed E-state index contributed by atoms with van der Waals surface area (Å²) in [4.78, 5) is 4.63. The summed E-state index contributed by atoms with van der Waals surface area (Å²) in [7, 11) is 1.64. The van der Waals surface area contributed by atoms with Crippen LogP contribution in [0.4, 0.5) is 5.69 Å². The molecule has 0 unspecified atom stereocenters. The van der Waals surface area contributed by atoms with E-state index in [4.69, 9.17) is 20.8 Å². The lowest BCUT2D eigenvalue weighted by molar-refractivity contribution is 0.227. The Balaban J connectivity index is 1.35. The van der Waals surface area contributed by atoms with Gasteiger partial charge in [-0.2, -0.15) is 0 Å². The SMILES string of the molecule is COc1ccc(-c2nnc(CN3CCN(c4ccccc4Cl)CC3)o2)cc1. The van der Waals surface area contributed by atoms with Crippen molar-refractivity contribution in [2.24, 2.45) is 0 Å². The van der Waals surface area contributed by atoms with E-state index in [1.807, 2.05) is 42.5 Å². The molecule has 1 saturated heterocycles. The van der Waals surface area contributed by atoms with E-state index in [0.717, 1.165) is 48.2 Å². The second kappa shape index (κ2) is 7.98. The standard InChI is InChI=1S/C20H21ClN4O2/c1-26-16-8-6-15(7-9-16)20-23-22-19(27-20)14-24-10-12-25(13-11-24)18-5-3-2-4-17(18)21/h2-9H,10-14H2,1H3. The molecule has 1 fully saturated rings. The zero-order chi connectivity index (χ0) is 18.6. The van der Waals surface area contributed by atoms with Crippen molar-refractivity contribution in [2.75, 3.05) is 38.2 Å². The van der Waals surface area contributed by atoms with Crippen LogP contribution in [0, 0.1) is 0 Å². The fourth-order valence-corrected chi connectivity index (χ4v) is 3.47. The van der Waals surface area contributed by atoms with Crippen molar-refractivity contribution in [1.29, 1.82) is 0 Å². The Labute approximate surface area is 163 Å². The fourth-order valence-electron chi connectivity index (χ4n) is 3.21. The van der Waals surface area contributed by atoms with Crippen LogP contribution in [-0.2, 0) is 6.54 Å². The predicted octanol–water partition coefficient (Wildman–Crippen LogP) is 3.72. The molecule has 0 radical (unpaired) electrons. The van der Waals surface area contributed by atoms with Gasteiger partial charge in [-0.15, -0.1) is 10.2 Å². The van der Waals surface area contributed by atoms with E-state index in [1.165, 1.54) is 0 Å². The average molecular weight is 385 g/mol. The molecule has 0 bridgehead atoms. The van der Waals surface area contributed by atoms with Gasteiger partial charge in [0, 0.05) is 31.7 Å². The third-order valence-corrected chi connectivity index (χ3v) is 5.05. The van der Waals surface area contributed by atoms with Crippen LogP contribution in [0.1, 0.15) is 5.89 Å². The maximum atomic E-state index is 6.31. The number of piperazine rings is 1. The van der Waals surface area contributed by atoms with Crippen LogP contribution < -0.4 is 9.64 Å². The summed E-state index contributed by atoms with van der Waals surface area (Å²) in [6.07, 6.45) is 0. The Bertz CT molecular complexity index is 889. The first kappa shape index (κ1) is 17.8. The zero-order valence-corrected chi connectivity index (χ0v) is 15.9. The number of methoxy groups -OCH3 is 1. The van der Waals surface area contributed by atoms with E-state index in [2.05, 4.69) is 26.1 Å². The minimum absolute atomic E-state index is 0.530. The highest BCUT2D eigenvalue weighted by Crippen LogP contribution is 2.26. The maximum absolute atomic E-state index is 6.31. The molecule has 140 valence electrons. The van der Waals surface area contributed by atoms with Crippen molar-refractivity contribution in [3.8, 4) is 17.2 Å². The molecule has 3 aromatic rings. The molecule has 2 heterocycles. The van der Waals surface area contributed by atoms with E-state index >= 15 is 0 Å². The van der Waals surface area contributed by atoms with E-state index in [0.29, 0.717) is 18.3 Å². The van der Waals surface area contributed by atoms with Gasteiger partial charge in [0.2, 0.25) is 11.8 Å². The molecule has 0 spiro atoms. The largest absolute Gasteiger partial charge is 0.497 e. The first-order valence-corrected chi connectivity index (χ1v) is 9.29. The van der Waals surface area contributed by atoms with Crippen LogP contribution in [-0.4, -0.2) is 48.4 Å². The van der Waals surface area contributed by atoms with Crippen LogP contribution in [0.2, 0.25) is 5.02 Å². The van der Waals surface area contributed by atoms with Crippen molar-refractivity contribution in [3.05, 3.63) is 59.4 Å². The van der Waals surface area contributed by atoms with E-state index in [1.54, 1.807) is 7.11 Å². The van der Waals surface area contributed by atoms with Gasteiger partial charge in [-0.1, -0.05) is 23.7 Å². The van der Waals surface area contributed by atoms with Gasteiger partial charge in [0.05, 0.1) is 24.4 Å². The minimum atomic E-state index is 0.530. The molecule has 6 nitrogen and oxygen atoms in total. The molecule has 1 aromatic heterocycles. The van der Waals surface area contributed by atoms with Crippen molar-refractivity contribution in [1.82, 2.24) is 15.1 Å². The van der Waals surface area contributed by atoms with Crippen LogP contribution >= 0.6 is 11.6 Å². The molecule has 27 heavy (non-hydrogen) atoms. The Hall–Kier alpha value is -2.57. The molecule has 1 aliphatic rings. The minimum Gasteiger partial charge on any atom is -0.497 e. The molecular weight excluding hydrogens is 364 g/mol. The van der Waals surface area contributed by atoms with Crippen molar-refractivity contribution < 1.29 is 9.15 Å². The van der Waals surface area contributed by atoms with Gasteiger partial charge in [-0.05, 0) is 36.4 Å². The number of halogens is 1. The molecule has 0 aliphatic carbocycles. The van der Waals surface area contributed by atoms with Crippen molar-refractivity contribution in [3.63, 3.8) is 0 Å². The summed E-state index contributed by atoms with van der Waals surface area (Å²) in [5.74, 6) is 1.96. The van der Waals surface area contributed by atoms with Gasteiger partial charge in [-0.25, -0.2) is 0 Å². The molecule has 0 amide bonds. The predicted molar refractivity (Wildman–Crippen MR) is 105 cm³/mol. The number of hydrogen-bond acceptors (Lipinski definition) is 6. The van der Waals surface area contributed by atoms with Gasteiger partial charge in [-0.3, -0.25) is 4.90 Å². The fraction of sp³-hybridized carbons (Fsp3) is 0.300. The molecule has 0 N–H and O–H groups in total. The first-order chi connectivity index (χ1) is 13.2. The molecule has 1 aliphatic heterocycles. The first-order valence-electron chi connectivity index (χ1n) is 8.91. The summed E-state index contributed by atoms with van der Waals surface area (Å²) >= 11 is 6.31. The van der Waals surface area contributed by atoms with Crippen molar-refractivity contribution >= 4 is 17.3 Å². The molecular formula is C20H21ClN4O2.